The smallest absolute Gasteiger partial charge is 0.241 e. The lowest BCUT2D eigenvalue weighted by atomic mass is 9.99. The van der Waals surface area contributed by atoms with Crippen LogP contribution in [0.4, 0.5) is 0 Å². The van der Waals surface area contributed by atoms with Crippen LogP contribution in [0.1, 0.15) is 33.6 Å². The molecule has 2 heterocycles. The molecular weight excluding hydrogens is 264 g/mol. The standard InChI is InChI=1S/C13H24N2O3S/c1-4-9(2)12-13(16)15(10(3)14-12)7-11-5-6-19(17,18)8-11/h9-12,14H,4-8H2,1-3H3. The lowest BCUT2D eigenvalue weighted by Crippen LogP contribution is -2.38. The summed E-state index contributed by atoms with van der Waals surface area (Å²) in [6, 6.07) is -0.113. The summed E-state index contributed by atoms with van der Waals surface area (Å²) in [5.41, 5.74) is 0. The first kappa shape index (κ1) is 14.8. The van der Waals surface area contributed by atoms with Crippen molar-refractivity contribution < 1.29 is 13.2 Å². The maximum atomic E-state index is 12.4. The van der Waals surface area contributed by atoms with Crippen LogP contribution in [-0.2, 0) is 14.6 Å². The molecule has 4 unspecified atom stereocenters. The number of carbonyl (C=O) groups excluding carboxylic acids is 1. The second kappa shape index (κ2) is 5.40. The first-order valence-electron chi connectivity index (χ1n) is 7.11. The zero-order valence-corrected chi connectivity index (χ0v) is 12.7. The lowest BCUT2D eigenvalue weighted by Gasteiger charge is -2.24. The number of hydrogen-bond donors (Lipinski definition) is 1. The third-order valence-corrected chi connectivity index (χ3v) is 6.27. The van der Waals surface area contributed by atoms with Crippen LogP contribution in [0.25, 0.3) is 0 Å². The molecule has 2 rings (SSSR count). The number of carbonyl (C=O) groups is 1. The van der Waals surface area contributed by atoms with Crippen molar-refractivity contribution in [1.82, 2.24) is 10.2 Å². The molecule has 5 nitrogen and oxygen atoms in total. The Bertz CT molecular complexity index is 449. The summed E-state index contributed by atoms with van der Waals surface area (Å²) >= 11 is 0. The van der Waals surface area contributed by atoms with Crippen molar-refractivity contribution in [2.24, 2.45) is 11.8 Å². The van der Waals surface area contributed by atoms with E-state index in [0.717, 1.165) is 6.42 Å². The molecule has 2 aliphatic rings. The van der Waals surface area contributed by atoms with E-state index in [4.69, 9.17) is 0 Å². The highest BCUT2D eigenvalue weighted by molar-refractivity contribution is 7.91. The van der Waals surface area contributed by atoms with Crippen molar-refractivity contribution in [3.05, 3.63) is 0 Å². The highest BCUT2D eigenvalue weighted by atomic mass is 32.2. The van der Waals surface area contributed by atoms with Crippen molar-refractivity contribution in [3.63, 3.8) is 0 Å². The molecule has 0 aliphatic carbocycles. The van der Waals surface area contributed by atoms with Crippen molar-refractivity contribution in [1.29, 1.82) is 0 Å². The first-order valence-corrected chi connectivity index (χ1v) is 8.93. The van der Waals surface area contributed by atoms with E-state index >= 15 is 0 Å². The van der Waals surface area contributed by atoms with Crippen LogP contribution in [0.2, 0.25) is 0 Å². The Morgan fingerprint density at radius 2 is 2.16 bits per heavy atom. The minimum atomic E-state index is -2.86. The summed E-state index contributed by atoms with van der Waals surface area (Å²) < 4.78 is 23.0. The average Bonchev–Trinajstić information content (AvgIpc) is 2.82. The van der Waals surface area contributed by atoms with Gasteiger partial charge in [-0.1, -0.05) is 20.3 Å². The molecule has 1 amide bonds. The summed E-state index contributed by atoms with van der Waals surface area (Å²) in [6.45, 7) is 6.70. The minimum absolute atomic E-state index is 0.00908. The molecule has 2 aliphatic heterocycles. The molecule has 1 N–H and O–H groups in total. The molecule has 110 valence electrons. The maximum Gasteiger partial charge on any atom is 0.241 e. The van der Waals surface area contributed by atoms with Crippen LogP contribution >= 0.6 is 0 Å². The van der Waals surface area contributed by atoms with Crippen LogP contribution in [0.3, 0.4) is 0 Å². The van der Waals surface area contributed by atoms with E-state index < -0.39 is 9.84 Å². The van der Waals surface area contributed by atoms with Gasteiger partial charge in [-0.2, -0.15) is 0 Å². The maximum absolute atomic E-state index is 12.4. The van der Waals surface area contributed by atoms with E-state index in [0.29, 0.717) is 18.9 Å². The largest absolute Gasteiger partial charge is 0.326 e. The van der Waals surface area contributed by atoms with Gasteiger partial charge in [-0.15, -0.1) is 0 Å². The number of rotatable bonds is 4. The molecule has 6 heteroatoms. The van der Waals surface area contributed by atoms with Gasteiger partial charge in [-0.05, 0) is 25.2 Å². The molecule has 0 spiro atoms. The lowest BCUT2D eigenvalue weighted by molar-refractivity contribution is -0.131. The van der Waals surface area contributed by atoms with Gasteiger partial charge in [-0.3, -0.25) is 10.1 Å². The van der Waals surface area contributed by atoms with Crippen LogP contribution < -0.4 is 5.32 Å². The summed E-state index contributed by atoms with van der Waals surface area (Å²) in [5.74, 6) is 1.06. The normalized spacial score (nSPS) is 35.8. The number of hydrogen-bond acceptors (Lipinski definition) is 4. The van der Waals surface area contributed by atoms with E-state index in [1.165, 1.54) is 0 Å². The van der Waals surface area contributed by atoms with Crippen LogP contribution in [-0.4, -0.2) is 49.5 Å². The fourth-order valence-corrected chi connectivity index (χ4v) is 4.83. The van der Waals surface area contributed by atoms with Gasteiger partial charge >= 0.3 is 0 Å². The molecule has 0 aromatic carbocycles. The Morgan fingerprint density at radius 3 is 2.68 bits per heavy atom. The Balaban J connectivity index is 1.99. The molecular formula is C13H24N2O3S. The Kier molecular flexibility index (Phi) is 4.20. The molecule has 4 atom stereocenters. The Labute approximate surface area is 115 Å². The van der Waals surface area contributed by atoms with Gasteiger partial charge in [0.25, 0.3) is 0 Å². The SMILES string of the molecule is CCC(C)C1NC(C)N(CC2CCS(=O)(=O)C2)C1=O. The van der Waals surface area contributed by atoms with Crippen molar-refractivity contribution in [2.45, 2.75) is 45.8 Å². The van der Waals surface area contributed by atoms with Crippen molar-refractivity contribution in [2.75, 3.05) is 18.1 Å². The van der Waals surface area contributed by atoms with E-state index in [1.807, 2.05) is 11.8 Å². The van der Waals surface area contributed by atoms with Gasteiger partial charge in [0.2, 0.25) is 5.91 Å². The van der Waals surface area contributed by atoms with Gasteiger partial charge in [0.1, 0.15) is 0 Å². The zero-order chi connectivity index (χ0) is 14.2. The zero-order valence-electron chi connectivity index (χ0n) is 11.9. The third-order valence-electron chi connectivity index (χ3n) is 4.43. The molecule has 0 saturated carbocycles. The predicted molar refractivity (Wildman–Crippen MR) is 74.3 cm³/mol. The average molecular weight is 288 g/mol. The first-order chi connectivity index (χ1) is 8.84. The minimum Gasteiger partial charge on any atom is -0.326 e. The molecule has 19 heavy (non-hydrogen) atoms. The molecule has 2 fully saturated rings. The molecule has 0 aromatic heterocycles. The quantitative estimate of drug-likeness (QED) is 0.823. The molecule has 0 bridgehead atoms. The molecule has 2 saturated heterocycles. The molecule has 0 radical (unpaired) electrons. The fraction of sp³-hybridized carbons (Fsp3) is 0.923. The number of nitrogens with one attached hydrogen (secondary N) is 1. The number of sulfone groups is 1. The third kappa shape index (κ3) is 3.11. The van der Waals surface area contributed by atoms with E-state index in [2.05, 4.69) is 19.2 Å². The van der Waals surface area contributed by atoms with Gasteiger partial charge in [0, 0.05) is 6.54 Å². The molecule has 0 aromatic rings. The second-order valence-corrected chi connectivity index (χ2v) is 8.19. The summed E-state index contributed by atoms with van der Waals surface area (Å²) in [6.07, 6.45) is 1.66. The van der Waals surface area contributed by atoms with E-state index in [9.17, 15) is 13.2 Å². The van der Waals surface area contributed by atoms with Crippen LogP contribution in [0.15, 0.2) is 0 Å². The summed E-state index contributed by atoms with van der Waals surface area (Å²) in [7, 11) is -2.86. The van der Waals surface area contributed by atoms with E-state index in [-0.39, 0.29) is 35.5 Å². The second-order valence-electron chi connectivity index (χ2n) is 5.97. The fourth-order valence-electron chi connectivity index (χ4n) is 2.98. The summed E-state index contributed by atoms with van der Waals surface area (Å²) in [5, 5.41) is 3.33. The monoisotopic (exact) mass is 288 g/mol. The number of nitrogens with zero attached hydrogens (tertiary/aromatic N) is 1. The van der Waals surface area contributed by atoms with Gasteiger partial charge in [0.15, 0.2) is 9.84 Å². The number of amides is 1. The topological polar surface area (TPSA) is 66.5 Å². The van der Waals surface area contributed by atoms with Crippen LogP contribution in [0.5, 0.6) is 0 Å². The highest BCUT2D eigenvalue weighted by Crippen LogP contribution is 2.24. The Hall–Kier alpha value is -0.620. The van der Waals surface area contributed by atoms with Gasteiger partial charge in [0.05, 0.1) is 23.7 Å². The van der Waals surface area contributed by atoms with Gasteiger partial charge < -0.3 is 4.90 Å². The van der Waals surface area contributed by atoms with Crippen LogP contribution in [0, 0.1) is 11.8 Å². The van der Waals surface area contributed by atoms with Crippen molar-refractivity contribution in [3.8, 4) is 0 Å². The van der Waals surface area contributed by atoms with Crippen molar-refractivity contribution >= 4 is 15.7 Å². The van der Waals surface area contributed by atoms with Gasteiger partial charge in [-0.25, -0.2) is 8.42 Å². The predicted octanol–water partition coefficient (Wildman–Crippen LogP) is 0.614. The highest BCUT2D eigenvalue weighted by Gasteiger charge is 2.41. The van der Waals surface area contributed by atoms with E-state index in [1.54, 1.807) is 0 Å². The Morgan fingerprint density at radius 1 is 1.47 bits per heavy atom. The summed E-state index contributed by atoms with van der Waals surface area (Å²) in [4.78, 5) is 14.2.